The van der Waals surface area contributed by atoms with Gasteiger partial charge in [-0.2, -0.15) is 10.1 Å². The Morgan fingerprint density at radius 3 is 2.51 bits per heavy atom. The fraction of sp³-hybridized carbons (Fsp3) is 0.357. The van der Waals surface area contributed by atoms with E-state index >= 15 is 0 Å². The number of carbonyl (C=O) groups excluding carboxylic acids is 3. The SMILES string of the molecule is Cn1cc2cc(Nc3nc(=O)n(Cc4cn(C5CCCCC(Nc6cccc7c6CN(C6CCC(=O)NC6=O)C7=O)CC5)nn4)c(=O)n3Cc3cc(F)c(F)cc3F)c(Cl)cc2n1. The zero-order valence-electron chi connectivity index (χ0n) is 33.8. The van der Waals surface area contributed by atoms with Crippen LogP contribution in [0.3, 0.4) is 0 Å². The lowest BCUT2D eigenvalue weighted by Crippen LogP contribution is -2.52. The molecule has 0 bridgehead atoms. The summed E-state index contributed by atoms with van der Waals surface area (Å²) in [5, 5.41) is 22.7. The Kier molecular flexibility index (Phi) is 11.1. The average Bonchev–Trinajstić information content (AvgIpc) is 3.94. The Bertz CT molecular complexity index is 2950. The Labute approximate surface area is 360 Å². The number of aryl methyl sites for hydroxylation is 1. The monoisotopic (exact) mass is 884 g/mol. The van der Waals surface area contributed by atoms with Crippen molar-refractivity contribution in [1.29, 1.82) is 0 Å². The molecule has 1 saturated carbocycles. The second-order valence-corrected chi connectivity index (χ2v) is 16.5. The largest absolute Gasteiger partial charge is 0.382 e. The van der Waals surface area contributed by atoms with Gasteiger partial charge in [-0.25, -0.2) is 32.0 Å². The van der Waals surface area contributed by atoms with Crippen LogP contribution in [0.4, 0.5) is 30.5 Å². The third-order valence-electron chi connectivity index (χ3n) is 11.9. The smallest absolute Gasteiger partial charge is 0.355 e. The lowest BCUT2D eigenvalue weighted by Gasteiger charge is -2.29. The number of anilines is 3. The number of rotatable bonds is 10. The highest BCUT2D eigenvalue weighted by molar-refractivity contribution is 6.34. The van der Waals surface area contributed by atoms with Gasteiger partial charge >= 0.3 is 11.4 Å². The number of imide groups is 1. The zero-order valence-corrected chi connectivity index (χ0v) is 34.5. The first kappa shape index (κ1) is 41.5. The summed E-state index contributed by atoms with van der Waals surface area (Å²) in [6.07, 6.45) is 8.76. The maximum atomic E-state index is 15.0. The number of halogens is 4. The molecule has 6 aromatic rings. The van der Waals surface area contributed by atoms with Crippen molar-refractivity contribution in [2.24, 2.45) is 7.05 Å². The minimum Gasteiger partial charge on any atom is -0.382 e. The van der Waals surface area contributed by atoms with Crippen LogP contribution in [0.25, 0.3) is 10.9 Å². The van der Waals surface area contributed by atoms with Gasteiger partial charge < -0.3 is 15.5 Å². The molecule has 0 radical (unpaired) electrons. The second-order valence-electron chi connectivity index (χ2n) is 16.1. The molecule has 0 spiro atoms. The number of amides is 3. The second kappa shape index (κ2) is 16.8. The summed E-state index contributed by atoms with van der Waals surface area (Å²) in [6.45, 7) is -0.728. The van der Waals surface area contributed by atoms with Crippen LogP contribution < -0.4 is 27.3 Å². The summed E-state index contributed by atoms with van der Waals surface area (Å²) < 4.78 is 48.2. The number of nitrogens with one attached hydrogen (secondary N) is 3. The fourth-order valence-corrected chi connectivity index (χ4v) is 8.88. The predicted octanol–water partition coefficient (Wildman–Crippen LogP) is 4.93. The Balaban J connectivity index is 0.930. The van der Waals surface area contributed by atoms with Crippen molar-refractivity contribution in [1.82, 2.24) is 49.1 Å². The number of hydrogen-bond donors (Lipinski definition) is 3. The zero-order chi connectivity index (χ0) is 44.1. The molecule has 9 rings (SSSR count). The van der Waals surface area contributed by atoms with E-state index in [0.717, 1.165) is 52.5 Å². The van der Waals surface area contributed by atoms with E-state index in [9.17, 15) is 37.1 Å². The first-order valence-corrected chi connectivity index (χ1v) is 20.9. The quantitative estimate of drug-likeness (QED) is 0.125. The fourth-order valence-electron chi connectivity index (χ4n) is 8.67. The van der Waals surface area contributed by atoms with Crippen LogP contribution in [0.5, 0.6) is 0 Å². The summed E-state index contributed by atoms with van der Waals surface area (Å²) in [5.41, 5.74) is 0.976. The van der Waals surface area contributed by atoms with Crippen molar-refractivity contribution in [3.63, 3.8) is 0 Å². The third-order valence-corrected chi connectivity index (χ3v) is 12.2. The van der Waals surface area contributed by atoms with Gasteiger partial charge in [0.2, 0.25) is 17.8 Å². The maximum absolute atomic E-state index is 15.0. The van der Waals surface area contributed by atoms with Gasteiger partial charge in [0.1, 0.15) is 17.6 Å². The number of fused-ring (bicyclic) bond motifs is 2. The molecule has 5 heterocycles. The number of aromatic nitrogens is 8. The Morgan fingerprint density at radius 1 is 0.873 bits per heavy atom. The minimum atomic E-state index is -1.40. The molecule has 21 heteroatoms. The number of nitrogens with zero attached hydrogens (tertiary/aromatic N) is 9. The minimum absolute atomic E-state index is 0.0536. The van der Waals surface area contributed by atoms with E-state index in [1.165, 1.54) is 4.90 Å². The van der Waals surface area contributed by atoms with Crippen LogP contribution in [0.2, 0.25) is 5.02 Å². The summed E-state index contributed by atoms with van der Waals surface area (Å²) in [4.78, 5) is 71.1. The molecule has 3 unspecified atom stereocenters. The van der Waals surface area contributed by atoms with Gasteiger partial charge in [0.05, 0.1) is 41.6 Å². The predicted molar refractivity (Wildman–Crippen MR) is 223 cm³/mol. The van der Waals surface area contributed by atoms with E-state index in [-0.39, 0.29) is 77.7 Å². The lowest BCUT2D eigenvalue weighted by molar-refractivity contribution is -0.136. The van der Waals surface area contributed by atoms with Gasteiger partial charge in [-0.05, 0) is 62.4 Å². The van der Waals surface area contributed by atoms with E-state index in [1.54, 1.807) is 47.0 Å². The van der Waals surface area contributed by atoms with Gasteiger partial charge in [0.25, 0.3) is 5.91 Å². The van der Waals surface area contributed by atoms with Crippen molar-refractivity contribution in [3.05, 3.63) is 121 Å². The highest BCUT2D eigenvalue weighted by Gasteiger charge is 2.40. The number of piperidine rings is 1. The molecule has 1 saturated heterocycles. The van der Waals surface area contributed by atoms with Gasteiger partial charge in [0.15, 0.2) is 11.6 Å². The summed E-state index contributed by atoms with van der Waals surface area (Å²) >= 11 is 6.53. The van der Waals surface area contributed by atoms with Crippen LogP contribution in [-0.2, 0) is 36.3 Å². The lowest BCUT2D eigenvalue weighted by atomic mass is 9.93. The van der Waals surface area contributed by atoms with E-state index in [0.29, 0.717) is 35.0 Å². The van der Waals surface area contributed by atoms with Gasteiger partial charge in [-0.15, -0.1) is 5.10 Å². The highest BCUT2D eigenvalue weighted by atomic mass is 35.5. The molecule has 3 N–H and O–H groups in total. The van der Waals surface area contributed by atoms with Crippen molar-refractivity contribution < 1.29 is 27.6 Å². The maximum Gasteiger partial charge on any atom is 0.355 e. The molecule has 2 aliphatic heterocycles. The molecule has 3 aromatic carbocycles. The average molecular weight is 885 g/mol. The number of benzene rings is 3. The van der Waals surface area contributed by atoms with E-state index in [1.807, 2.05) is 12.1 Å². The molecule has 2 fully saturated rings. The molecule has 3 aromatic heterocycles. The Morgan fingerprint density at radius 2 is 1.68 bits per heavy atom. The molecule has 17 nitrogen and oxygen atoms in total. The van der Waals surface area contributed by atoms with E-state index in [4.69, 9.17) is 11.6 Å². The topological polar surface area (TPSA) is 196 Å². The van der Waals surface area contributed by atoms with E-state index < -0.39 is 47.3 Å². The molecule has 326 valence electrons. The molecule has 63 heavy (non-hydrogen) atoms. The van der Waals surface area contributed by atoms with Crippen molar-refractivity contribution in [2.75, 3.05) is 10.6 Å². The number of hydrogen-bond acceptors (Lipinski definition) is 11. The van der Waals surface area contributed by atoms with Crippen LogP contribution in [0.1, 0.15) is 84.6 Å². The van der Waals surface area contributed by atoms with Gasteiger partial charge in [-0.3, -0.25) is 28.9 Å². The first-order chi connectivity index (χ1) is 30.3. The van der Waals surface area contributed by atoms with Crippen LogP contribution in [0, 0.1) is 17.5 Å². The molecular weight excluding hydrogens is 845 g/mol. The highest BCUT2D eigenvalue weighted by Crippen LogP contribution is 2.35. The first-order valence-electron chi connectivity index (χ1n) is 20.5. The van der Waals surface area contributed by atoms with Crippen LogP contribution in [-0.4, -0.2) is 73.6 Å². The van der Waals surface area contributed by atoms with Crippen LogP contribution >= 0.6 is 11.6 Å². The van der Waals surface area contributed by atoms with Gasteiger partial charge in [-0.1, -0.05) is 35.7 Å². The normalized spacial score (nSPS) is 19.2. The summed E-state index contributed by atoms with van der Waals surface area (Å²) in [5.74, 6) is -5.22. The molecule has 3 amide bonds. The van der Waals surface area contributed by atoms with Crippen molar-refractivity contribution in [2.45, 2.75) is 89.1 Å². The molecular formula is C42H40ClF3N12O5. The number of carbonyl (C=O) groups is 3. The standard InChI is InChI=1S/C42H40ClF3N12O5/c1-54-17-23-14-35(29(43)15-34(23)52-54)48-40-50-41(62)57(42(63)56(40)18-22-13-31(45)32(46)16-30(22)44)19-25-20-58(53-51-25)26-6-3-2-5-24(9-10-26)47-33-8-4-7-27-28(33)21-55(39(27)61)36-11-12-37(59)49-38(36)60/h4,7-8,13-17,20,24,26,36,47H,2-3,5-6,9-12,18-19,21H2,1H3,(H,48,50,62)(H,49,59,60). The van der Waals surface area contributed by atoms with Crippen molar-refractivity contribution >= 4 is 57.5 Å². The summed E-state index contributed by atoms with van der Waals surface area (Å²) in [6, 6.07) is 8.98. The van der Waals surface area contributed by atoms with Crippen LogP contribution in [0.15, 0.2) is 64.4 Å². The Hall–Kier alpha value is -6.83. The summed E-state index contributed by atoms with van der Waals surface area (Å²) in [7, 11) is 1.73. The van der Waals surface area contributed by atoms with Gasteiger partial charge in [0, 0.05) is 66.1 Å². The molecule has 3 atom stereocenters. The van der Waals surface area contributed by atoms with E-state index in [2.05, 4.69) is 36.3 Å². The van der Waals surface area contributed by atoms with Crippen molar-refractivity contribution in [3.8, 4) is 0 Å². The molecule has 3 aliphatic rings. The molecule has 1 aliphatic carbocycles. The third kappa shape index (κ3) is 8.29.